The minimum Gasteiger partial charge on any atom is -0.310 e. The predicted octanol–water partition coefficient (Wildman–Crippen LogP) is 6.75. The Morgan fingerprint density at radius 2 is 1.95 bits per heavy atom. The molecule has 2 unspecified atom stereocenters. The molecule has 0 fully saturated rings. The molecular formula is C18H29BrClN. The largest absolute Gasteiger partial charge is 0.310 e. The zero-order valence-corrected chi connectivity index (χ0v) is 15.9. The van der Waals surface area contributed by atoms with E-state index in [0.29, 0.717) is 6.04 Å². The summed E-state index contributed by atoms with van der Waals surface area (Å²) in [5.74, 6) is 0.773. The molecule has 120 valence electrons. The maximum atomic E-state index is 6.51. The topological polar surface area (TPSA) is 12.0 Å². The summed E-state index contributed by atoms with van der Waals surface area (Å²) >= 11 is 10.1. The molecule has 21 heavy (non-hydrogen) atoms. The Balaban J connectivity index is 2.85. The van der Waals surface area contributed by atoms with Crippen LogP contribution in [0.3, 0.4) is 0 Å². The third-order valence-corrected chi connectivity index (χ3v) is 5.42. The summed E-state index contributed by atoms with van der Waals surface area (Å²) in [6, 6.07) is 6.61. The van der Waals surface area contributed by atoms with E-state index in [1.807, 2.05) is 6.07 Å². The van der Waals surface area contributed by atoms with Crippen molar-refractivity contribution in [1.29, 1.82) is 0 Å². The zero-order chi connectivity index (χ0) is 15.7. The monoisotopic (exact) mass is 373 g/mol. The minimum absolute atomic E-state index is 0.358. The quantitative estimate of drug-likeness (QED) is 0.477. The standard InChI is InChI=1S/C18H29BrClN/c1-4-7-9-14(6-3)13-17(21-12-5-2)15-10-8-11-16(19)18(15)20/h8,10-11,14,17,21H,4-7,9,12-13H2,1-3H3. The van der Waals surface area contributed by atoms with Crippen molar-refractivity contribution in [3.05, 3.63) is 33.3 Å². The van der Waals surface area contributed by atoms with Gasteiger partial charge >= 0.3 is 0 Å². The van der Waals surface area contributed by atoms with Gasteiger partial charge in [-0.1, -0.05) is 70.2 Å². The van der Waals surface area contributed by atoms with E-state index < -0.39 is 0 Å². The number of hydrogen-bond acceptors (Lipinski definition) is 1. The maximum Gasteiger partial charge on any atom is 0.0595 e. The summed E-state index contributed by atoms with van der Waals surface area (Å²) in [4.78, 5) is 0. The van der Waals surface area contributed by atoms with Crippen LogP contribution in [0.2, 0.25) is 5.02 Å². The van der Waals surface area contributed by atoms with E-state index >= 15 is 0 Å². The third-order valence-electron chi connectivity index (χ3n) is 4.11. The van der Waals surface area contributed by atoms with Crippen molar-refractivity contribution in [2.75, 3.05) is 6.54 Å². The second-order valence-corrected chi connectivity index (χ2v) is 7.03. The van der Waals surface area contributed by atoms with Gasteiger partial charge in [0.2, 0.25) is 0 Å². The Hall–Kier alpha value is -0.0500. The minimum atomic E-state index is 0.358. The van der Waals surface area contributed by atoms with Crippen LogP contribution >= 0.6 is 27.5 Å². The molecule has 0 aromatic heterocycles. The van der Waals surface area contributed by atoms with Crippen LogP contribution in [0.25, 0.3) is 0 Å². The molecule has 0 heterocycles. The molecule has 1 N–H and O–H groups in total. The number of rotatable bonds is 10. The summed E-state index contributed by atoms with van der Waals surface area (Å²) < 4.78 is 0.992. The molecule has 1 rings (SSSR count). The van der Waals surface area contributed by atoms with Crippen LogP contribution in [0.5, 0.6) is 0 Å². The van der Waals surface area contributed by atoms with Crippen molar-refractivity contribution in [2.24, 2.45) is 5.92 Å². The lowest BCUT2D eigenvalue weighted by Gasteiger charge is -2.25. The van der Waals surface area contributed by atoms with Gasteiger partial charge in [-0.05, 0) is 52.9 Å². The van der Waals surface area contributed by atoms with Gasteiger partial charge in [-0.3, -0.25) is 0 Å². The first-order chi connectivity index (χ1) is 10.1. The van der Waals surface area contributed by atoms with Crippen LogP contribution in [0.4, 0.5) is 0 Å². The molecule has 0 aliphatic rings. The summed E-state index contributed by atoms with van der Waals surface area (Å²) in [7, 11) is 0. The molecular weight excluding hydrogens is 346 g/mol. The fourth-order valence-corrected chi connectivity index (χ4v) is 3.38. The van der Waals surface area contributed by atoms with Gasteiger partial charge in [0.1, 0.15) is 0 Å². The van der Waals surface area contributed by atoms with Crippen molar-refractivity contribution in [3.8, 4) is 0 Å². The van der Waals surface area contributed by atoms with Gasteiger partial charge in [0.05, 0.1) is 5.02 Å². The first kappa shape index (κ1) is 19.0. The molecule has 1 aromatic carbocycles. The number of nitrogens with one attached hydrogen (secondary N) is 1. The van der Waals surface area contributed by atoms with E-state index in [-0.39, 0.29) is 0 Å². The number of unbranched alkanes of at least 4 members (excludes halogenated alkanes) is 1. The SMILES string of the molecule is CCCCC(CC)CC(NCCC)c1cccc(Br)c1Cl. The average molecular weight is 375 g/mol. The molecule has 1 nitrogen and oxygen atoms in total. The highest BCUT2D eigenvalue weighted by Gasteiger charge is 2.19. The van der Waals surface area contributed by atoms with Crippen molar-refractivity contribution in [2.45, 2.75) is 65.3 Å². The molecule has 0 amide bonds. The molecule has 0 aliphatic carbocycles. The molecule has 2 atom stereocenters. The smallest absolute Gasteiger partial charge is 0.0595 e. The second-order valence-electron chi connectivity index (χ2n) is 5.80. The first-order valence-electron chi connectivity index (χ1n) is 8.31. The van der Waals surface area contributed by atoms with E-state index in [2.05, 4.69) is 54.2 Å². The number of hydrogen-bond donors (Lipinski definition) is 1. The Morgan fingerprint density at radius 3 is 2.57 bits per heavy atom. The predicted molar refractivity (Wildman–Crippen MR) is 98.1 cm³/mol. The molecule has 0 saturated carbocycles. The maximum absolute atomic E-state index is 6.51. The van der Waals surface area contributed by atoms with E-state index in [0.717, 1.165) is 28.4 Å². The summed E-state index contributed by atoms with van der Waals surface area (Å²) in [6.45, 7) is 7.82. The normalized spacial score (nSPS) is 14.1. The van der Waals surface area contributed by atoms with E-state index in [9.17, 15) is 0 Å². The molecule has 0 radical (unpaired) electrons. The van der Waals surface area contributed by atoms with Gasteiger partial charge in [0.15, 0.2) is 0 Å². The van der Waals surface area contributed by atoms with Crippen molar-refractivity contribution in [3.63, 3.8) is 0 Å². The molecule has 1 aromatic rings. The second kappa shape index (κ2) is 10.6. The van der Waals surface area contributed by atoms with E-state index in [1.54, 1.807) is 0 Å². The molecule has 0 spiro atoms. The van der Waals surface area contributed by atoms with Crippen molar-refractivity contribution in [1.82, 2.24) is 5.32 Å². The number of benzene rings is 1. The fraction of sp³-hybridized carbons (Fsp3) is 0.667. The highest BCUT2D eigenvalue weighted by atomic mass is 79.9. The Bertz CT molecular complexity index is 408. The van der Waals surface area contributed by atoms with E-state index in [1.165, 1.54) is 37.7 Å². The van der Waals surface area contributed by atoms with Crippen LogP contribution in [0.15, 0.2) is 22.7 Å². The van der Waals surface area contributed by atoms with Crippen molar-refractivity contribution < 1.29 is 0 Å². The number of halogens is 2. The van der Waals surface area contributed by atoms with Gasteiger partial charge in [-0.25, -0.2) is 0 Å². The highest BCUT2D eigenvalue weighted by molar-refractivity contribution is 9.10. The lowest BCUT2D eigenvalue weighted by molar-refractivity contribution is 0.353. The van der Waals surface area contributed by atoms with Crippen LogP contribution in [-0.4, -0.2) is 6.54 Å². The van der Waals surface area contributed by atoms with E-state index in [4.69, 9.17) is 11.6 Å². The van der Waals surface area contributed by atoms with Gasteiger partial charge in [0, 0.05) is 10.5 Å². The van der Waals surface area contributed by atoms with Gasteiger partial charge in [-0.15, -0.1) is 0 Å². The molecule has 0 bridgehead atoms. The lowest BCUT2D eigenvalue weighted by atomic mass is 9.89. The summed E-state index contributed by atoms with van der Waals surface area (Å²) in [5, 5.41) is 4.55. The average Bonchev–Trinajstić information content (AvgIpc) is 2.50. The van der Waals surface area contributed by atoms with Gasteiger partial charge in [-0.2, -0.15) is 0 Å². The van der Waals surface area contributed by atoms with Crippen LogP contribution < -0.4 is 5.32 Å². The molecule has 3 heteroatoms. The summed E-state index contributed by atoms with van der Waals surface area (Å²) in [6.07, 6.45) is 7.49. The summed E-state index contributed by atoms with van der Waals surface area (Å²) in [5.41, 5.74) is 1.23. The van der Waals surface area contributed by atoms with Crippen molar-refractivity contribution >= 4 is 27.5 Å². The van der Waals surface area contributed by atoms with Crippen LogP contribution in [0.1, 0.15) is 70.9 Å². The zero-order valence-electron chi connectivity index (χ0n) is 13.6. The fourth-order valence-electron chi connectivity index (χ4n) is 2.74. The Labute approximate surface area is 144 Å². The van der Waals surface area contributed by atoms with Crippen LogP contribution in [-0.2, 0) is 0 Å². The van der Waals surface area contributed by atoms with Gasteiger partial charge < -0.3 is 5.32 Å². The Kier molecular flexibility index (Phi) is 9.62. The van der Waals surface area contributed by atoms with Gasteiger partial charge in [0.25, 0.3) is 0 Å². The lowest BCUT2D eigenvalue weighted by Crippen LogP contribution is -2.25. The molecule has 0 saturated heterocycles. The van der Waals surface area contributed by atoms with Crippen LogP contribution in [0, 0.1) is 5.92 Å². The molecule has 0 aliphatic heterocycles. The Morgan fingerprint density at radius 1 is 1.19 bits per heavy atom. The third kappa shape index (κ3) is 6.30. The highest BCUT2D eigenvalue weighted by Crippen LogP contribution is 2.34. The first-order valence-corrected chi connectivity index (χ1v) is 9.48.